The van der Waals surface area contributed by atoms with Gasteiger partial charge in [0.1, 0.15) is 5.69 Å². The standard InChI is InChI=1S/C9H14BrN3O2/c1-3-5-15-6-4-7(14)8-9(10)11-12-13(8)2/h3-6H2,1-2H3. The van der Waals surface area contributed by atoms with Crippen LogP contribution in [0.4, 0.5) is 0 Å². The molecular formula is C9H14BrN3O2. The number of aromatic nitrogens is 3. The summed E-state index contributed by atoms with van der Waals surface area (Å²) in [6.07, 6.45) is 1.32. The van der Waals surface area contributed by atoms with Crippen LogP contribution in [0.2, 0.25) is 0 Å². The molecule has 0 atom stereocenters. The molecule has 15 heavy (non-hydrogen) atoms. The summed E-state index contributed by atoms with van der Waals surface area (Å²) in [5, 5.41) is 7.49. The molecule has 5 nitrogen and oxygen atoms in total. The van der Waals surface area contributed by atoms with Gasteiger partial charge in [-0.05, 0) is 22.4 Å². The van der Waals surface area contributed by atoms with Gasteiger partial charge < -0.3 is 4.74 Å². The van der Waals surface area contributed by atoms with Crippen molar-refractivity contribution < 1.29 is 9.53 Å². The number of ketones is 1. The minimum atomic E-state index is -0.00882. The quantitative estimate of drug-likeness (QED) is 0.584. The van der Waals surface area contributed by atoms with E-state index in [1.165, 1.54) is 4.68 Å². The summed E-state index contributed by atoms with van der Waals surface area (Å²) < 4.78 is 7.20. The first-order valence-electron chi connectivity index (χ1n) is 4.83. The van der Waals surface area contributed by atoms with Crippen molar-refractivity contribution in [2.75, 3.05) is 13.2 Å². The van der Waals surface area contributed by atoms with Crippen molar-refractivity contribution in [1.29, 1.82) is 0 Å². The minimum absolute atomic E-state index is 0.00882. The van der Waals surface area contributed by atoms with E-state index in [1.807, 2.05) is 6.92 Å². The lowest BCUT2D eigenvalue weighted by Gasteiger charge is -2.02. The molecule has 0 saturated carbocycles. The van der Waals surface area contributed by atoms with E-state index < -0.39 is 0 Å². The van der Waals surface area contributed by atoms with Gasteiger partial charge in [-0.25, -0.2) is 4.68 Å². The Kier molecular flexibility index (Phi) is 4.90. The number of halogens is 1. The van der Waals surface area contributed by atoms with Crippen molar-refractivity contribution in [2.45, 2.75) is 19.8 Å². The van der Waals surface area contributed by atoms with Gasteiger partial charge in [0.2, 0.25) is 0 Å². The molecule has 0 amide bonds. The van der Waals surface area contributed by atoms with Gasteiger partial charge in [0, 0.05) is 20.1 Å². The number of carbonyl (C=O) groups excluding carboxylic acids is 1. The fourth-order valence-electron chi connectivity index (χ4n) is 1.16. The van der Waals surface area contributed by atoms with Gasteiger partial charge in [0.15, 0.2) is 10.4 Å². The second-order valence-electron chi connectivity index (χ2n) is 3.14. The Morgan fingerprint density at radius 1 is 1.53 bits per heavy atom. The summed E-state index contributed by atoms with van der Waals surface area (Å²) in [6, 6.07) is 0. The number of hydrogen-bond donors (Lipinski definition) is 0. The Hall–Kier alpha value is -0.750. The molecule has 0 unspecified atom stereocenters. The molecule has 0 saturated heterocycles. The molecule has 0 aliphatic carbocycles. The number of rotatable bonds is 6. The summed E-state index contributed by atoms with van der Waals surface area (Å²) in [6.45, 7) is 3.17. The Bertz CT molecular complexity index is 319. The number of aryl methyl sites for hydroxylation is 1. The first-order chi connectivity index (χ1) is 7.16. The van der Waals surface area contributed by atoms with E-state index in [2.05, 4.69) is 26.2 Å². The highest BCUT2D eigenvalue weighted by Gasteiger charge is 2.16. The SMILES string of the molecule is CCCOCCC(=O)c1c(Br)nnn1C. The van der Waals surface area contributed by atoms with Crippen molar-refractivity contribution >= 4 is 21.7 Å². The Balaban J connectivity index is 2.47. The molecule has 0 aromatic carbocycles. The van der Waals surface area contributed by atoms with E-state index in [-0.39, 0.29) is 5.78 Å². The van der Waals surface area contributed by atoms with Crippen LogP contribution in [-0.4, -0.2) is 34.0 Å². The van der Waals surface area contributed by atoms with Gasteiger partial charge in [0.25, 0.3) is 0 Å². The number of ether oxygens (including phenoxy) is 1. The molecule has 84 valence electrons. The van der Waals surface area contributed by atoms with Crippen molar-refractivity contribution in [2.24, 2.45) is 7.05 Å². The van der Waals surface area contributed by atoms with Crippen LogP contribution in [0.25, 0.3) is 0 Å². The average Bonchev–Trinajstić information content (AvgIpc) is 2.53. The molecule has 0 bridgehead atoms. The van der Waals surface area contributed by atoms with Gasteiger partial charge in [-0.15, -0.1) is 5.10 Å². The molecule has 0 fully saturated rings. The molecule has 1 rings (SSSR count). The molecule has 0 radical (unpaired) electrons. The van der Waals surface area contributed by atoms with Crippen LogP contribution in [0.3, 0.4) is 0 Å². The molecule has 0 aliphatic heterocycles. The van der Waals surface area contributed by atoms with E-state index >= 15 is 0 Å². The third-order valence-corrected chi connectivity index (χ3v) is 2.41. The van der Waals surface area contributed by atoms with Gasteiger partial charge >= 0.3 is 0 Å². The average molecular weight is 276 g/mol. The predicted molar refractivity (Wildman–Crippen MR) is 58.8 cm³/mol. The van der Waals surface area contributed by atoms with E-state index in [1.54, 1.807) is 7.05 Å². The number of carbonyl (C=O) groups is 1. The lowest BCUT2D eigenvalue weighted by Crippen LogP contribution is -2.10. The van der Waals surface area contributed by atoms with Crippen LogP contribution >= 0.6 is 15.9 Å². The molecule has 0 spiro atoms. The maximum atomic E-state index is 11.7. The second kappa shape index (κ2) is 5.97. The summed E-state index contributed by atoms with van der Waals surface area (Å²) in [4.78, 5) is 11.7. The van der Waals surface area contributed by atoms with Crippen LogP contribution in [0.5, 0.6) is 0 Å². The van der Waals surface area contributed by atoms with Gasteiger partial charge in [0.05, 0.1) is 6.61 Å². The zero-order chi connectivity index (χ0) is 11.3. The lowest BCUT2D eigenvalue weighted by molar-refractivity contribution is 0.0869. The zero-order valence-corrected chi connectivity index (χ0v) is 10.5. The highest BCUT2D eigenvalue weighted by atomic mass is 79.9. The predicted octanol–water partition coefficient (Wildman–Crippen LogP) is 1.58. The Morgan fingerprint density at radius 2 is 2.27 bits per heavy atom. The molecule has 1 aromatic rings. The van der Waals surface area contributed by atoms with Crippen LogP contribution in [0.1, 0.15) is 30.3 Å². The highest BCUT2D eigenvalue weighted by Crippen LogP contribution is 2.13. The minimum Gasteiger partial charge on any atom is -0.381 e. The molecule has 0 N–H and O–H groups in total. The van der Waals surface area contributed by atoms with Crippen LogP contribution in [-0.2, 0) is 11.8 Å². The Morgan fingerprint density at radius 3 is 2.80 bits per heavy atom. The summed E-state index contributed by atoms with van der Waals surface area (Å²) in [5.74, 6) is -0.00882. The lowest BCUT2D eigenvalue weighted by atomic mass is 10.2. The first kappa shape index (κ1) is 12.3. The monoisotopic (exact) mass is 275 g/mol. The zero-order valence-electron chi connectivity index (χ0n) is 8.86. The number of hydrogen-bond acceptors (Lipinski definition) is 4. The Labute approximate surface area is 96.9 Å². The highest BCUT2D eigenvalue weighted by molar-refractivity contribution is 9.10. The van der Waals surface area contributed by atoms with E-state index in [4.69, 9.17) is 4.74 Å². The maximum Gasteiger partial charge on any atom is 0.186 e. The normalized spacial score (nSPS) is 10.6. The van der Waals surface area contributed by atoms with Gasteiger partial charge in [-0.2, -0.15) is 0 Å². The van der Waals surface area contributed by atoms with E-state index in [0.717, 1.165) is 6.42 Å². The summed E-state index contributed by atoms with van der Waals surface area (Å²) >= 11 is 3.18. The van der Waals surface area contributed by atoms with Crippen molar-refractivity contribution in [1.82, 2.24) is 15.0 Å². The maximum absolute atomic E-state index is 11.7. The fraction of sp³-hybridized carbons (Fsp3) is 0.667. The third-order valence-electron chi connectivity index (χ3n) is 1.87. The summed E-state index contributed by atoms with van der Waals surface area (Å²) in [5.41, 5.74) is 0.495. The smallest absolute Gasteiger partial charge is 0.186 e. The fourth-order valence-corrected chi connectivity index (χ4v) is 1.71. The number of Topliss-reactive ketones (excluding diaryl/α,β-unsaturated/α-hetero) is 1. The third kappa shape index (κ3) is 3.39. The molecular weight excluding hydrogens is 262 g/mol. The van der Waals surface area contributed by atoms with Crippen LogP contribution in [0.15, 0.2) is 4.60 Å². The van der Waals surface area contributed by atoms with E-state index in [9.17, 15) is 4.79 Å². The molecule has 0 aliphatic rings. The first-order valence-corrected chi connectivity index (χ1v) is 5.62. The largest absolute Gasteiger partial charge is 0.381 e. The molecule has 1 heterocycles. The number of nitrogens with zero attached hydrogens (tertiary/aromatic N) is 3. The second-order valence-corrected chi connectivity index (χ2v) is 3.89. The molecule has 6 heteroatoms. The molecule has 1 aromatic heterocycles. The van der Waals surface area contributed by atoms with Gasteiger partial charge in [-0.1, -0.05) is 12.1 Å². The van der Waals surface area contributed by atoms with Crippen molar-refractivity contribution in [3.05, 3.63) is 10.3 Å². The van der Waals surface area contributed by atoms with Gasteiger partial charge in [-0.3, -0.25) is 4.79 Å². The summed E-state index contributed by atoms with van der Waals surface area (Å²) in [7, 11) is 1.69. The van der Waals surface area contributed by atoms with Crippen LogP contribution < -0.4 is 0 Å². The van der Waals surface area contributed by atoms with Crippen molar-refractivity contribution in [3.8, 4) is 0 Å². The van der Waals surface area contributed by atoms with Crippen molar-refractivity contribution in [3.63, 3.8) is 0 Å². The van der Waals surface area contributed by atoms with E-state index in [0.29, 0.717) is 29.9 Å². The topological polar surface area (TPSA) is 57.0 Å². The van der Waals surface area contributed by atoms with Crippen LogP contribution in [0, 0.1) is 0 Å².